The summed E-state index contributed by atoms with van der Waals surface area (Å²) in [6.45, 7) is 5.77. The molecule has 3 unspecified atom stereocenters. The molecule has 4 nitrogen and oxygen atoms in total. The third-order valence-electron chi connectivity index (χ3n) is 3.38. The number of hydrogen-bond donors (Lipinski definition) is 1. The summed E-state index contributed by atoms with van der Waals surface area (Å²) >= 11 is 0. The van der Waals surface area contributed by atoms with Gasteiger partial charge in [0, 0.05) is 19.1 Å². The van der Waals surface area contributed by atoms with Crippen LogP contribution in [0.25, 0.3) is 0 Å². The van der Waals surface area contributed by atoms with Gasteiger partial charge in [0.25, 0.3) is 0 Å². The molecular weight excluding hydrogens is 178 g/mol. The zero-order valence-corrected chi connectivity index (χ0v) is 9.36. The summed E-state index contributed by atoms with van der Waals surface area (Å²) in [6, 6.07) is 0.625. The van der Waals surface area contributed by atoms with Gasteiger partial charge in [-0.05, 0) is 38.6 Å². The van der Waals surface area contributed by atoms with Crippen molar-refractivity contribution in [1.29, 1.82) is 0 Å². The van der Waals surface area contributed by atoms with Crippen molar-refractivity contribution >= 4 is 0 Å². The van der Waals surface area contributed by atoms with E-state index in [2.05, 4.69) is 17.5 Å². The van der Waals surface area contributed by atoms with Gasteiger partial charge in [0.15, 0.2) is 0 Å². The second-order valence-corrected chi connectivity index (χ2v) is 4.28. The van der Waals surface area contributed by atoms with Crippen LogP contribution in [0.4, 0.5) is 0 Å². The lowest BCUT2D eigenvalue weighted by atomic mass is 9.98. The molecule has 0 aromatic carbocycles. The molecule has 1 rings (SSSR count). The van der Waals surface area contributed by atoms with Crippen LogP contribution in [-0.4, -0.2) is 31.2 Å². The fraction of sp³-hybridized carbons (Fsp3) is 1.00. The largest absolute Gasteiger partial charge is 0.317 e. The van der Waals surface area contributed by atoms with Gasteiger partial charge in [-0.2, -0.15) is 0 Å². The van der Waals surface area contributed by atoms with Crippen LogP contribution in [-0.2, 0) is 0 Å². The molecule has 14 heavy (non-hydrogen) atoms. The Balaban J connectivity index is 2.41. The van der Waals surface area contributed by atoms with E-state index in [1.807, 2.05) is 14.0 Å². The number of nitrogens with one attached hydrogen (secondary N) is 1. The molecule has 1 aliphatic rings. The predicted octanol–water partition coefficient (Wildman–Crippen LogP) is 1.62. The third kappa shape index (κ3) is 2.67. The fourth-order valence-corrected chi connectivity index (χ4v) is 2.32. The van der Waals surface area contributed by atoms with Crippen LogP contribution in [0.2, 0.25) is 0 Å². The summed E-state index contributed by atoms with van der Waals surface area (Å²) in [4.78, 5) is 10.4. The van der Waals surface area contributed by atoms with E-state index in [4.69, 9.17) is 0 Å². The SMILES string of the molecule is CCN(CC1CC(NC)CC1C)N=O. The Kier molecular flexibility index (Phi) is 4.32. The van der Waals surface area contributed by atoms with E-state index in [-0.39, 0.29) is 0 Å². The van der Waals surface area contributed by atoms with Crippen molar-refractivity contribution in [3.8, 4) is 0 Å². The highest BCUT2D eigenvalue weighted by Crippen LogP contribution is 2.32. The number of nitrogens with zero attached hydrogens (tertiary/aromatic N) is 2. The Morgan fingerprint density at radius 1 is 1.50 bits per heavy atom. The molecule has 4 heteroatoms. The highest BCUT2D eigenvalue weighted by molar-refractivity contribution is 4.85. The molecule has 1 aliphatic carbocycles. The van der Waals surface area contributed by atoms with Gasteiger partial charge < -0.3 is 5.32 Å². The molecule has 0 aromatic heterocycles. The third-order valence-corrected chi connectivity index (χ3v) is 3.38. The summed E-state index contributed by atoms with van der Waals surface area (Å²) in [7, 11) is 2.01. The van der Waals surface area contributed by atoms with Gasteiger partial charge in [-0.1, -0.05) is 6.92 Å². The molecule has 0 bridgehead atoms. The van der Waals surface area contributed by atoms with Crippen molar-refractivity contribution in [2.45, 2.75) is 32.7 Å². The minimum absolute atomic E-state index is 0.616. The fourth-order valence-electron chi connectivity index (χ4n) is 2.32. The summed E-state index contributed by atoms with van der Waals surface area (Å²) < 4.78 is 0. The predicted molar refractivity (Wildman–Crippen MR) is 57.8 cm³/mol. The van der Waals surface area contributed by atoms with Crippen LogP contribution >= 0.6 is 0 Å². The zero-order chi connectivity index (χ0) is 10.6. The van der Waals surface area contributed by atoms with Crippen LogP contribution in [0.15, 0.2) is 5.29 Å². The molecule has 0 heterocycles. The summed E-state index contributed by atoms with van der Waals surface area (Å²) in [5, 5.41) is 7.95. The maximum atomic E-state index is 10.4. The van der Waals surface area contributed by atoms with E-state index < -0.39 is 0 Å². The first kappa shape index (κ1) is 11.4. The van der Waals surface area contributed by atoms with E-state index in [0.717, 1.165) is 13.1 Å². The highest BCUT2D eigenvalue weighted by Gasteiger charge is 2.31. The minimum Gasteiger partial charge on any atom is -0.317 e. The molecule has 0 amide bonds. The zero-order valence-electron chi connectivity index (χ0n) is 9.36. The van der Waals surface area contributed by atoms with Crippen LogP contribution < -0.4 is 5.32 Å². The highest BCUT2D eigenvalue weighted by atomic mass is 16.3. The van der Waals surface area contributed by atoms with Crippen LogP contribution in [0.1, 0.15) is 26.7 Å². The first-order chi connectivity index (χ1) is 6.71. The quantitative estimate of drug-likeness (QED) is 0.540. The lowest BCUT2D eigenvalue weighted by Gasteiger charge is -2.20. The van der Waals surface area contributed by atoms with E-state index >= 15 is 0 Å². The molecule has 0 radical (unpaired) electrons. The number of hydrogen-bond acceptors (Lipinski definition) is 3. The molecular formula is C10H21N3O. The van der Waals surface area contributed by atoms with Gasteiger partial charge in [-0.25, -0.2) is 0 Å². The van der Waals surface area contributed by atoms with Crippen LogP contribution in [0.5, 0.6) is 0 Å². The standard InChI is InChI=1S/C10H21N3O/c1-4-13(12-14)7-9-6-10(11-3)5-8(9)2/h8-11H,4-7H2,1-3H3. The molecule has 1 N–H and O–H groups in total. The van der Waals surface area contributed by atoms with Gasteiger partial charge in [0.1, 0.15) is 0 Å². The average molecular weight is 199 g/mol. The summed E-state index contributed by atoms with van der Waals surface area (Å²) in [5.74, 6) is 1.31. The lowest BCUT2D eigenvalue weighted by Crippen LogP contribution is -2.26. The molecule has 1 fully saturated rings. The van der Waals surface area contributed by atoms with Crippen molar-refractivity contribution in [1.82, 2.24) is 10.3 Å². The minimum atomic E-state index is 0.616. The molecule has 3 atom stereocenters. The Morgan fingerprint density at radius 2 is 2.21 bits per heavy atom. The molecule has 0 spiro atoms. The van der Waals surface area contributed by atoms with Crippen molar-refractivity contribution in [3.63, 3.8) is 0 Å². The Hall–Kier alpha value is -0.640. The normalized spacial score (nSPS) is 31.8. The topological polar surface area (TPSA) is 44.7 Å². The average Bonchev–Trinajstić information content (AvgIpc) is 2.56. The lowest BCUT2D eigenvalue weighted by molar-refractivity contribution is 0.224. The molecule has 82 valence electrons. The second-order valence-electron chi connectivity index (χ2n) is 4.28. The van der Waals surface area contributed by atoms with Crippen molar-refractivity contribution in [3.05, 3.63) is 4.91 Å². The van der Waals surface area contributed by atoms with Gasteiger partial charge in [0.05, 0.1) is 5.29 Å². The molecule has 0 aliphatic heterocycles. The second kappa shape index (κ2) is 5.29. The molecule has 1 saturated carbocycles. The summed E-state index contributed by atoms with van der Waals surface area (Å²) in [5.41, 5.74) is 0. The van der Waals surface area contributed by atoms with Crippen LogP contribution in [0.3, 0.4) is 0 Å². The molecule has 0 aromatic rings. The summed E-state index contributed by atoms with van der Waals surface area (Å²) in [6.07, 6.45) is 2.39. The van der Waals surface area contributed by atoms with Crippen molar-refractivity contribution in [2.75, 3.05) is 20.1 Å². The van der Waals surface area contributed by atoms with Gasteiger partial charge in [-0.3, -0.25) is 5.01 Å². The smallest absolute Gasteiger partial charge is 0.0523 e. The Morgan fingerprint density at radius 3 is 2.64 bits per heavy atom. The maximum absolute atomic E-state index is 10.4. The van der Waals surface area contributed by atoms with E-state index in [1.165, 1.54) is 12.8 Å². The Labute approximate surface area is 86.0 Å². The van der Waals surface area contributed by atoms with Crippen LogP contribution in [0, 0.1) is 16.7 Å². The number of nitroso groups, excluding NO2 is 1. The van der Waals surface area contributed by atoms with E-state index in [0.29, 0.717) is 17.9 Å². The van der Waals surface area contributed by atoms with Gasteiger partial charge >= 0.3 is 0 Å². The number of rotatable bonds is 5. The Bertz CT molecular complexity index is 186. The van der Waals surface area contributed by atoms with Crippen molar-refractivity contribution < 1.29 is 0 Å². The van der Waals surface area contributed by atoms with Gasteiger partial charge in [-0.15, -0.1) is 4.91 Å². The van der Waals surface area contributed by atoms with E-state index in [9.17, 15) is 4.91 Å². The first-order valence-electron chi connectivity index (χ1n) is 5.46. The van der Waals surface area contributed by atoms with Gasteiger partial charge in [0.2, 0.25) is 0 Å². The monoisotopic (exact) mass is 199 g/mol. The van der Waals surface area contributed by atoms with E-state index in [1.54, 1.807) is 5.01 Å². The van der Waals surface area contributed by atoms with Crippen molar-refractivity contribution in [2.24, 2.45) is 17.1 Å². The maximum Gasteiger partial charge on any atom is 0.0523 e. The first-order valence-corrected chi connectivity index (χ1v) is 5.46. The molecule has 0 saturated heterocycles.